The van der Waals surface area contributed by atoms with Gasteiger partial charge in [-0.15, -0.1) is 0 Å². The third-order valence-electron chi connectivity index (χ3n) is 3.99. The molecule has 2 aromatic carbocycles. The molecular formula is C19H22N2O. The van der Waals surface area contributed by atoms with Crippen molar-refractivity contribution >= 4 is 11.0 Å². The van der Waals surface area contributed by atoms with Gasteiger partial charge in [-0.3, -0.25) is 0 Å². The monoisotopic (exact) mass is 294 g/mol. The van der Waals surface area contributed by atoms with Crippen molar-refractivity contribution in [2.24, 2.45) is 0 Å². The number of imidazole rings is 1. The van der Waals surface area contributed by atoms with Gasteiger partial charge < -0.3 is 9.30 Å². The number of rotatable bonds is 5. The first-order chi connectivity index (χ1) is 10.7. The highest BCUT2D eigenvalue weighted by Crippen LogP contribution is 2.20. The summed E-state index contributed by atoms with van der Waals surface area (Å²) in [5.74, 6) is 1.53. The van der Waals surface area contributed by atoms with E-state index in [0.29, 0.717) is 12.5 Å². The maximum absolute atomic E-state index is 5.30. The average molecular weight is 294 g/mol. The summed E-state index contributed by atoms with van der Waals surface area (Å²) in [4.78, 5) is 4.68. The van der Waals surface area contributed by atoms with E-state index in [9.17, 15) is 0 Å². The van der Waals surface area contributed by atoms with Crippen molar-refractivity contribution < 1.29 is 4.74 Å². The number of hydrogen-bond acceptors (Lipinski definition) is 2. The van der Waals surface area contributed by atoms with E-state index >= 15 is 0 Å². The molecule has 0 bridgehead atoms. The normalized spacial score (nSPS) is 11.5. The van der Waals surface area contributed by atoms with E-state index in [4.69, 9.17) is 4.74 Å². The van der Waals surface area contributed by atoms with Gasteiger partial charge in [0.2, 0.25) is 0 Å². The molecule has 0 amide bonds. The molecule has 0 aliphatic heterocycles. The predicted molar refractivity (Wildman–Crippen MR) is 90.1 cm³/mol. The third kappa shape index (κ3) is 2.90. The standard InChI is InChI=1S/C19H22N2O/c1-14(2)16-10-8-15(9-11-16)12-21-18-7-5-4-6-17(18)20-19(21)13-22-3/h4-11,14H,12-13H2,1-3H3. The summed E-state index contributed by atoms with van der Waals surface area (Å²) in [6, 6.07) is 17.1. The molecule has 1 aromatic heterocycles. The molecule has 0 radical (unpaired) electrons. The van der Waals surface area contributed by atoms with Gasteiger partial charge in [-0.1, -0.05) is 50.2 Å². The zero-order chi connectivity index (χ0) is 15.5. The largest absolute Gasteiger partial charge is 0.377 e. The quantitative estimate of drug-likeness (QED) is 0.699. The molecule has 3 aromatic rings. The number of para-hydroxylation sites is 2. The fourth-order valence-electron chi connectivity index (χ4n) is 2.73. The van der Waals surface area contributed by atoms with E-state index in [0.717, 1.165) is 23.4 Å². The molecule has 0 saturated carbocycles. The van der Waals surface area contributed by atoms with Gasteiger partial charge in [0, 0.05) is 13.7 Å². The van der Waals surface area contributed by atoms with Crippen LogP contribution in [0.1, 0.15) is 36.7 Å². The van der Waals surface area contributed by atoms with Crippen LogP contribution in [-0.2, 0) is 17.9 Å². The topological polar surface area (TPSA) is 27.1 Å². The summed E-state index contributed by atoms with van der Waals surface area (Å²) in [5, 5.41) is 0. The van der Waals surface area contributed by atoms with Gasteiger partial charge in [0.25, 0.3) is 0 Å². The van der Waals surface area contributed by atoms with Crippen LogP contribution in [0, 0.1) is 0 Å². The molecule has 0 fully saturated rings. The van der Waals surface area contributed by atoms with Crippen LogP contribution in [0.5, 0.6) is 0 Å². The van der Waals surface area contributed by atoms with E-state index in [2.05, 4.69) is 59.8 Å². The molecule has 0 saturated heterocycles. The predicted octanol–water partition coefficient (Wildman–Crippen LogP) is 4.35. The van der Waals surface area contributed by atoms with Crippen LogP contribution in [0.2, 0.25) is 0 Å². The molecule has 114 valence electrons. The number of fused-ring (bicyclic) bond motifs is 1. The Labute approximate surface area is 131 Å². The molecule has 3 rings (SSSR count). The first-order valence-electron chi connectivity index (χ1n) is 7.71. The van der Waals surface area contributed by atoms with Gasteiger partial charge in [-0.05, 0) is 29.2 Å². The smallest absolute Gasteiger partial charge is 0.136 e. The molecule has 0 N–H and O–H groups in total. The van der Waals surface area contributed by atoms with Crippen molar-refractivity contribution in [2.45, 2.75) is 32.9 Å². The minimum atomic E-state index is 0.527. The van der Waals surface area contributed by atoms with Gasteiger partial charge in [-0.25, -0.2) is 4.98 Å². The minimum Gasteiger partial charge on any atom is -0.377 e. The molecule has 0 atom stereocenters. The second-order valence-electron chi connectivity index (χ2n) is 5.93. The summed E-state index contributed by atoms with van der Waals surface area (Å²) in [6.07, 6.45) is 0. The Morgan fingerprint density at radius 1 is 1.05 bits per heavy atom. The zero-order valence-corrected chi connectivity index (χ0v) is 13.4. The highest BCUT2D eigenvalue weighted by Gasteiger charge is 2.10. The molecule has 1 heterocycles. The Morgan fingerprint density at radius 3 is 2.45 bits per heavy atom. The number of hydrogen-bond donors (Lipinski definition) is 0. The van der Waals surface area contributed by atoms with Crippen molar-refractivity contribution in [3.63, 3.8) is 0 Å². The Bertz CT molecular complexity index is 757. The first kappa shape index (κ1) is 14.8. The van der Waals surface area contributed by atoms with E-state index in [1.165, 1.54) is 11.1 Å². The highest BCUT2D eigenvalue weighted by molar-refractivity contribution is 5.76. The molecule has 3 nitrogen and oxygen atoms in total. The van der Waals surface area contributed by atoms with E-state index in [1.54, 1.807) is 7.11 Å². The van der Waals surface area contributed by atoms with E-state index in [-0.39, 0.29) is 0 Å². The molecule has 0 aliphatic rings. The van der Waals surface area contributed by atoms with Crippen molar-refractivity contribution in [1.82, 2.24) is 9.55 Å². The van der Waals surface area contributed by atoms with Crippen molar-refractivity contribution in [3.05, 3.63) is 65.5 Å². The van der Waals surface area contributed by atoms with Crippen LogP contribution >= 0.6 is 0 Å². The Kier molecular flexibility index (Phi) is 4.25. The maximum Gasteiger partial charge on any atom is 0.136 e. The number of ether oxygens (including phenoxy) is 1. The van der Waals surface area contributed by atoms with E-state index in [1.807, 2.05) is 12.1 Å². The van der Waals surface area contributed by atoms with Crippen LogP contribution in [0.4, 0.5) is 0 Å². The fraction of sp³-hybridized carbons (Fsp3) is 0.316. The average Bonchev–Trinajstić information content (AvgIpc) is 2.86. The van der Waals surface area contributed by atoms with Crippen molar-refractivity contribution in [3.8, 4) is 0 Å². The van der Waals surface area contributed by atoms with Gasteiger partial charge in [0.15, 0.2) is 0 Å². The molecule has 0 spiro atoms. The Hall–Kier alpha value is -2.13. The number of benzene rings is 2. The lowest BCUT2D eigenvalue weighted by Gasteiger charge is -2.11. The van der Waals surface area contributed by atoms with Crippen LogP contribution in [0.25, 0.3) is 11.0 Å². The number of aromatic nitrogens is 2. The van der Waals surface area contributed by atoms with Crippen molar-refractivity contribution in [2.75, 3.05) is 7.11 Å². The molecular weight excluding hydrogens is 272 g/mol. The van der Waals surface area contributed by atoms with Gasteiger partial charge in [-0.2, -0.15) is 0 Å². The zero-order valence-electron chi connectivity index (χ0n) is 13.4. The lowest BCUT2D eigenvalue weighted by Crippen LogP contribution is -2.06. The number of nitrogens with zero attached hydrogens (tertiary/aromatic N) is 2. The summed E-state index contributed by atoms with van der Waals surface area (Å²) in [7, 11) is 1.71. The number of methoxy groups -OCH3 is 1. The van der Waals surface area contributed by atoms with Crippen LogP contribution < -0.4 is 0 Å². The highest BCUT2D eigenvalue weighted by atomic mass is 16.5. The lowest BCUT2D eigenvalue weighted by molar-refractivity contribution is 0.175. The molecule has 0 aliphatic carbocycles. The first-order valence-corrected chi connectivity index (χ1v) is 7.71. The second kappa shape index (κ2) is 6.32. The summed E-state index contributed by atoms with van der Waals surface area (Å²) >= 11 is 0. The van der Waals surface area contributed by atoms with Crippen LogP contribution in [0.3, 0.4) is 0 Å². The SMILES string of the molecule is COCc1nc2ccccc2n1Cc1ccc(C(C)C)cc1. The van der Waals surface area contributed by atoms with Gasteiger partial charge >= 0.3 is 0 Å². The maximum atomic E-state index is 5.30. The Balaban J connectivity index is 1.96. The third-order valence-corrected chi connectivity index (χ3v) is 3.99. The lowest BCUT2D eigenvalue weighted by atomic mass is 10.0. The second-order valence-corrected chi connectivity index (χ2v) is 5.93. The van der Waals surface area contributed by atoms with Gasteiger partial charge in [0.05, 0.1) is 11.0 Å². The molecule has 3 heteroatoms. The summed E-state index contributed by atoms with van der Waals surface area (Å²) in [5.41, 5.74) is 4.83. The molecule has 22 heavy (non-hydrogen) atoms. The van der Waals surface area contributed by atoms with Crippen LogP contribution in [-0.4, -0.2) is 16.7 Å². The molecule has 0 unspecified atom stereocenters. The summed E-state index contributed by atoms with van der Waals surface area (Å²) < 4.78 is 7.54. The fourth-order valence-corrected chi connectivity index (χ4v) is 2.73. The Morgan fingerprint density at radius 2 is 1.77 bits per heavy atom. The minimum absolute atomic E-state index is 0.527. The van der Waals surface area contributed by atoms with Crippen LogP contribution in [0.15, 0.2) is 48.5 Å². The van der Waals surface area contributed by atoms with Gasteiger partial charge in [0.1, 0.15) is 12.4 Å². The summed E-state index contributed by atoms with van der Waals surface area (Å²) in [6.45, 7) is 5.78. The van der Waals surface area contributed by atoms with Crippen molar-refractivity contribution in [1.29, 1.82) is 0 Å². The van der Waals surface area contributed by atoms with E-state index < -0.39 is 0 Å².